The minimum Gasteiger partial charge on any atom is -0.313 e. The van der Waals surface area contributed by atoms with Gasteiger partial charge in [-0.1, -0.05) is 20.8 Å². The van der Waals surface area contributed by atoms with Crippen molar-refractivity contribution in [2.24, 2.45) is 11.8 Å². The molecule has 1 atom stereocenters. The van der Waals surface area contributed by atoms with Crippen LogP contribution in [0.5, 0.6) is 0 Å². The van der Waals surface area contributed by atoms with Crippen LogP contribution in [0.25, 0.3) is 0 Å². The molecule has 2 nitrogen and oxygen atoms in total. The Morgan fingerprint density at radius 2 is 1.83 bits per heavy atom. The van der Waals surface area contributed by atoms with Crippen LogP contribution in [0.4, 0.5) is 0 Å². The highest BCUT2D eigenvalue weighted by atomic mass is 15.2. The zero-order valence-corrected chi connectivity index (χ0v) is 12.6. The van der Waals surface area contributed by atoms with E-state index in [0.717, 1.165) is 23.9 Å². The molecule has 1 aliphatic heterocycles. The quantitative estimate of drug-likeness (QED) is 0.808. The van der Waals surface area contributed by atoms with Crippen molar-refractivity contribution in [2.45, 2.75) is 71.4 Å². The van der Waals surface area contributed by atoms with Gasteiger partial charge in [0.25, 0.3) is 0 Å². The molecule has 0 spiro atoms. The van der Waals surface area contributed by atoms with Crippen LogP contribution >= 0.6 is 0 Å². The van der Waals surface area contributed by atoms with Crippen LogP contribution < -0.4 is 5.32 Å². The maximum absolute atomic E-state index is 3.65. The standard InChI is InChI=1S/C16H32N2/c1-4-18(12-15-6-5-11-17-15)16-9-7-14(8-10-16)13(2)3/h13-17H,4-12H2,1-3H3. The van der Waals surface area contributed by atoms with E-state index in [2.05, 4.69) is 31.0 Å². The lowest BCUT2D eigenvalue weighted by Gasteiger charge is -2.38. The number of hydrogen-bond acceptors (Lipinski definition) is 2. The third-order valence-electron chi connectivity index (χ3n) is 5.22. The first kappa shape index (κ1) is 14.3. The third-order valence-corrected chi connectivity index (χ3v) is 5.22. The van der Waals surface area contributed by atoms with E-state index >= 15 is 0 Å². The zero-order valence-electron chi connectivity index (χ0n) is 12.6. The second kappa shape index (κ2) is 6.91. The van der Waals surface area contributed by atoms with E-state index in [9.17, 15) is 0 Å². The molecule has 0 radical (unpaired) electrons. The Morgan fingerprint density at radius 1 is 1.11 bits per heavy atom. The molecule has 1 saturated carbocycles. The van der Waals surface area contributed by atoms with Gasteiger partial charge in [0.05, 0.1) is 0 Å². The average Bonchev–Trinajstić information content (AvgIpc) is 2.89. The van der Waals surface area contributed by atoms with Crippen LogP contribution in [0, 0.1) is 11.8 Å². The molecule has 0 amide bonds. The Balaban J connectivity index is 1.78. The van der Waals surface area contributed by atoms with Gasteiger partial charge in [-0.25, -0.2) is 0 Å². The van der Waals surface area contributed by atoms with Crippen molar-refractivity contribution in [3.63, 3.8) is 0 Å². The average molecular weight is 252 g/mol. The Labute approximate surface area is 114 Å². The molecule has 2 fully saturated rings. The van der Waals surface area contributed by atoms with Gasteiger partial charge in [-0.15, -0.1) is 0 Å². The first-order valence-electron chi connectivity index (χ1n) is 8.18. The molecule has 0 aromatic heterocycles. The fraction of sp³-hybridized carbons (Fsp3) is 1.00. The van der Waals surface area contributed by atoms with Gasteiger partial charge in [0.1, 0.15) is 0 Å². The number of nitrogens with zero attached hydrogens (tertiary/aromatic N) is 1. The summed E-state index contributed by atoms with van der Waals surface area (Å²) in [6.07, 6.45) is 8.54. The Morgan fingerprint density at radius 3 is 2.33 bits per heavy atom. The third kappa shape index (κ3) is 3.71. The summed E-state index contributed by atoms with van der Waals surface area (Å²) in [6.45, 7) is 10.9. The highest BCUT2D eigenvalue weighted by molar-refractivity contribution is 4.84. The molecule has 1 unspecified atom stereocenters. The molecule has 1 saturated heterocycles. The van der Waals surface area contributed by atoms with Crippen LogP contribution in [-0.2, 0) is 0 Å². The summed E-state index contributed by atoms with van der Waals surface area (Å²) in [5.74, 6) is 1.88. The molecule has 2 rings (SSSR count). The summed E-state index contributed by atoms with van der Waals surface area (Å²) in [5, 5.41) is 3.65. The normalized spacial score (nSPS) is 33.5. The van der Waals surface area contributed by atoms with Crippen molar-refractivity contribution < 1.29 is 0 Å². The van der Waals surface area contributed by atoms with E-state index < -0.39 is 0 Å². The summed E-state index contributed by atoms with van der Waals surface area (Å²) in [4.78, 5) is 2.75. The largest absolute Gasteiger partial charge is 0.313 e. The fourth-order valence-electron chi connectivity index (χ4n) is 3.87. The molecule has 1 heterocycles. The summed E-state index contributed by atoms with van der Waals surface area (Å²) in [5.41, 5.74) is 0. The van der Waals surface area contributed by atoms with Crippen LogP contribution in [0.2, 0.25) is 0 Å². The highest BCUT2D eigenvalue weighted by Gasteiger charge is 2.28. The summed E-state index contributed by atoms with van der Waals surface area (Å²) < 4.78 is 0. The first-order chi connectivity index (χ1) is 8.70. The molecular formula is C16H32N2. The first-order valence-corrected chi connectivity index (χ1v) is 8.18. The molecule has 2 aliphatic rings. The SMILES string of the molecule is CCN(CC1CCCN1)C1CCC(C(C)C)CC1. The van der Waals surface area contributed by atoms with E-state index in [1.807, 2.05) is 0 Å². The smallest absolute Gasteiger partial charge is 0.0195 e. The van der Waals surface area contributed by atoms with Crippen molar-refractivity contribution in [1.29, 1.82) is 0 Å². The Bertz CT molecular complexity index is 225. The number of rotatable bonds is 5. The van der Waals surface area contributed by atoms with Crippen LogP contribution in [0.1, 0.15) is 59.3 Å². The minimum atomic E-state index is 0.771. The zero-order chi connectivity index (χ0) is 13.0. The molecule has 106 valence electrons. The van der Waals surface area contributed by atoms with Crippen molar-refractivity contribution in [1.82, 2.24) is 10.2 Å². The summed E-state index contributed by atoms with van der Waals surface area (Å²) in [7, 11) is 0. The molecular weight excluding hydrogens is 220 g/mol. The van der Waals surface area contributed by atoms with Gasteiger partial charge in [-0.3, -0.25) is 4.90 Å². The summed E-state index contributed by atoms with van der Waals surface area (Å²) >= 11 is 0. The number of nitrogens with one attached hydrogen (secondary N) is 1. The number of hydrogen-bond donors (Lipinski definition) is 1. The van der Waals surface area contributed by atoms with Crippen molar-refractivity contribution in [3.8, 4) is 0 Å². The van der Waals surface area contributed by atoms with Crippen molar-refractivity contribution >= 4 is 0 Å². The Hall–Kier alpha value is -0.0800. The van der Waals surface area contributed by atoms with E-state index in [-0.39, 0.29) is 0 Å². The van der Waals surface area contributed by atoms with Gasteiger partial charge < -0.3 is 5.32 Å². The van der Waals surface area contributed by atoms with Crippen LogP contribution in [0.3, 0.4) is 0 Å². The summed E-state index contributed by atoms with van der Waals surface area (Å²) in [6, 6.07) is 1.64. The van der Waals surface area contributed by atoms with Gasteiger partial charge in [-0.2, -0.15) is 0 Å². The molecule has 1 aliphatic carbocycles. The lowest BCUT2D eigenvalue weighted by molar-refractivity contribution is 0.120. The minimum absolute atomic E-state index is 0.771. The maximum Gasteiger partial charge on any atom is 0.0195 e. The van der Waals surface area contributed by atoms with Gasteiger partial charge in [0.2, 0.25) is 0 Å². The molecule has 1 N–H and O–H groups in total. The monoisotopic (exact) mass is 252 g/mol. The van der Waals surface area contributed by atoms with E-state index in [1.165, 1.54) is 58.2 Å². The predicted octanol–water partition coefficient (Wildman–Crippen LogP) is 3.28. The second-order valence-electron chi connectivity index (χ2n) is 6.69. The molecule has 0 bridgehead atoms. The highest BCUT2D eigenvalue weighted by Crippen LogP contribution is 2.32. The van der Waals surface area contributed by atoms with Crippen LogP contribution in [0.15, 0.2) is 0 Å². The topological polar surface area (TPSA) is 15.3 Å². The van der Waals surface area contributed by atoms with Crippen molar-refractivity contribution in [2.75, 3.05) is 19.6 Å². The van der Waals surface area contributed by atoms with E-state index in [4.69, 9.17) is 0 Å². The lowest BCUT2D eigenvalue weighted by Crippen LogP contribution is -2.45. The molecule has 2 heteroatoms. The predicted molar refractivity (Wildman–Crippen MR) is 78.9 cm³/mol. The number of likely N-dealkylation sites (N-methyl/N-ethyl adjacent to an activating group) is 1. The second-order valence-corrected chi connectivity index (χ2v) is 6.69. The molecule has 18 heavy (non-hydrogen) atoms. The lowest BCUT2D eigenvalue weighted by atomic mass is 9.79. The van der Waals surface area contributed by atoms with E-state index in [1.54, 1.807) is 0 Å². The molecule has 0 aromatic carbocycles. The fourth-order valence-corrected chi connectivity index (χ4v) is 3.87. The molecule has 0 aromatic rings. The van der Waals surface area contributed by atoms with Gasteiger partial charge in [-0.05, 0) is 63.5 Å². The van der Waals surface area contributed by atoms with Gasteiger partial charge >= 0.3 is 0 Å². The van der Waals surface area contributed by atoms with Crippen LogP contribution in [-0.4, -0.2) is 36.6 Å². The van der Waals surface area contributed by atoms with Crippen molar-refractivity contribution in [3.05, 3.63) is 0 Å². The van der Waals surface area contributed by atoms with Gasteiger partial charge in [0.15, 0.2) is 0 Å². The van der Waals surface area contributed by atoms with E-state index in [0.29, 0.717) is 0 Å². The maximum atomic E-state index is 3.65. The van der Waals surface area contributed by atoms with Gasteiger partial charge in [0, 0.05) is 18.6 Å². The Kier molecular flexibility index (Phi) is 5.50.